The maximum Gasteiger partial charge on any atom is 0.233 e. The number of rotatable bonds is 2. The number of carbonyl (C=O) groups excluding carboxylic acids is 1. The summed E-state index contributed by atoms with van der Waals surface area (Å²) in [5.41, 5.74) is 3.02. The number of pyridine rings is 1. The number of aryl methyl sites for hydroxylation is 2. The highest BCUT2D eigenvalue weighted by atomic mass is 16.5. The van der Waals surface area contributed by atoms with Gasteiger partial charge >= 0.3 is 0 Å². The molecule has 0 saturated carbocycles. The van der Waals surface area contributed by atoms with Gasteiger partial charge in [-0.3, -0.25) is 4.79 Å². The molecule has 5 nitrogen and oxygen atoms in total. The normalized spacial score (nSPS) is 19.8. The van der Waals surface area contributed by atoms with Crippen LogP contribution in [0.3, 0.4) is 0 Å². The number of anilines is 1. The van der Waals surface area contributed by atoms with E-state index in [0.717, 1.165) is 48.3 Å². The molecule has 1 amide bonds. The molecule has 4 rings (SSSR count). The van der Waals surface area contributed by atoms with E-state index < -0.39 is 5.60 Å². The molecule has 0 fully saturated rings. The van der Waals surface area contributed by atoms with E-state index in [1.807, 2.05) is 44.2 Å². The smallest absolute Gasteiger partial charge is 0.233 e. The number of ether oxygens (including phenoxy) is 1. The van der Waals surface area contributed by atoms with Gasteiger partial charge in [0.1, 0.15) is 17.4 Å². The Hall–Kier alpha value is -2.87. The summed E-state index contributed by atoms with van der Waals surface area (Å²) in [7, 11) is 0. The average Bonchev–Trinajstić information content (AvgIpc) is 2.66. The summed E-state index contributed by atoms with van der Waals surface area (Å²) >= 11 is 0. The van der Waals surface area contributed by atoms with E-state index in [-0.39, 0.29) is 11.8 Å². The van der Waals surface area contributed by atoms with Crippen molar-refractivity contribution in [1.29, 1.82) is 5.26 Å². The quantitative estimate of drug-likeness (QED) is 0.873. The Morgan fingerprint density at radius 3 is 2.89 bits per heavy atom. The highest BCUT2D eigenvalue weighted by Crippen LogP contribution is 2.41. The topological polar surface area (TPSA) is 75.0 Å². The molecule has 2 aliphatic rings. The maximum absolute atomic E-state index is 13.1. The number of nitrogens with zero attached hydrogens (tertiary/aromatic N) is 2. The lowest BCUT2D eigenvalue weighted by atomic mass is 9.84. The summed E-state index contributed by atoms with van der Waals surface area (Å²) in [6, 6.07) is 11.7. The first-order valence-electron chi connectivity index (χ1n) is 9.48. The fraction of sp³-hybridized carbons (Fsp3) is 0.409. The molecular formula is C22H23N3O2. The molecule has 2 aromatic rings. The van der Waals surface area contributed by atoms with Gasteiger partial charge in [0.15, 0.2) is 5.82 Å². The molecule has 1 atom stereocenters. The van der Waals surface area contributed by atoms with E-state index in [2.05, 4.69) is 16.4 Å². The van der Waals surface area contributed by atoms with Crippen molar-refractivity contribution in [2.75, 3.05) is 5.32 Å². The number of hydrogen-bond donors (Lipinski definition) is 1. The van der Waals surface area contributed by atoms with Gasteiger partial charge in [0.05, 0.1) is 11.5 Å². The number of fused-ring (bicyclic) bond motifs is 2. The number of carbonyl (C=O) groups is 1. The SMILES string of the molecule is CC1(C)CC(C(=O)Nc2nc3c(cc2C#N)CCCC3)c2ccccc2O1. The second kappa shape index (κ2) is 6.70. The van der Waals surface area contributed by atoms with E-state index in [1.54, 1.807) is 0 Å². The third-order valence-corrected chi connectivity index (χ3v) is 5.36. The van der Waals surface area contributed by atoms with Gasteiger partial charge in [0, 0.05) is 17.7 Å². The Balaban J connectivity index is 1.66. The minimum Gasteiger partial charge on any atom is -0.488 e. The minimum absolute atomic E-state index is 0.140. The van der Waals surface area contributed by atoms with Crippen LogP contribution in [-0.4, -0.2) is 16.5 Å². The van der Waals surface area contributed by atoms with Gasteiger partial charge in [-0.1, -0.05) is 18.2 Å². The van der Waals surface area contributed by atoms with Crippen LogP contribution in [0.25, 0.3) is 0 Å². The Morgan fingerprint density at radius 2 is 2.07 bits per heavy atom. The number of amides is 1. The Morgan fingerprint density at radius 1 is 1.30 bits per heavy atom. The van der Waals surface area contributed by atoms with Crippen LogP contribution in [0, 0.1) is 11.3 Å². The number of nitriles is 1. The van der Waals surface area contributed by atoms with Crippen molar-refractivity contribution in [1.82, 2.24) is 4.98 Å². The maximum atomic E-state index is 13.1. The molecule has 1 aromatic heterocycles. The van der Waals surface area contributed by atoms with Gasteiger partial charge in [-0.25, -0.2) is 4.98 Å². The fourth-order valence-corrected chi connectivity index (χ4v) is 4.05. The first-order chi connectivity index (χ1) is 13.0. The zero-order valence-corrected chi connectivity index (χ0v) is 15.7. The van der Waals surface area contributed by atoms with Gasteiger partial charge in [-0.05, 0) is 57.2 Å². The largest absolute Gasteiger partial charge is 0.488 e. The third kappa shape index (κ3) is 3.40. The Bertz CT molecular complexity index is 943. The number of hydrogen-bond acceptors (Lipinski definition) is 4. The molecule has 1 aliphatic heterocycles. The van der Waals surface area contributed by atoms with Crippen LogP contribution in [-0.2, 0) is 17.6 Å². The lowest BCUT2D eigenvalue weighted by Crippen LogP contribution is -2.39. The first-order valence-corrected chi connectivity index (χ1v) is 9.48. The van der Waals surface area contributed by atoms with Crippen LogP contribution in [0.15, 0.2) is 30.3 Å². The standard InChI is InChI=1S/C22H23N3O2/c1-22(2)12-17(16-8-4-6-10-19(16)27-22)21(26)25-20-15(13-23)11-14-7-3-5-9-18(14)24-20/h4,6,8,10-11,17H,3,5,7,9,12H2,1-2H3,(H,24,25,26). The molecule has 0 radical (unpaired) electrons. The lowest BCUT2D eigenvalue weighted by molar-refractivity contribution is -0.119. The molecule has 1 N–H and O–H groups in total. The highest BCUT2D eigenvalue weighted by Gasteiger charge is 2.37. The van der Waals surface area contributed by atoms with E-state index >= 15 is 0 Å². The fourth-order valence-electron chi connectivity index (χ4n) is 4.05. The number of para-hydroxylation sites is 1. The zero-order chi connectivity index (χ0) is 19.0. The Labute approximate surface area is 159 Å². The van der Waals surface area contributed by atoms with Crippen LogP contribution in [0.4, 0.5) is 5.82 Å². The van der Waals surface area contributed by atoms with Crippen molar-refractivity contribution >= 4 is 11.7 Å². The molecule has 138 valence electrons. The summed E-state index contributed by atoms with van der Waals surface area (Å²) < 4.78 is 6.02. The van der Waals surface area contributed by atoms with Crippen molar-refractivity contribution in [3.8, 4) is 11.8 Å². The van der Waals surface area contributed by atoms with Crippen LogP contribution >= 0.6 is 0 Å². The minimum atomic E-state index is -0.433. The van der Waals surface area contributed by atoms with Crippen molar-refractivity contribution in [3.05, 3.63) is 52.7 Å². The van der Waals surface area contributed by atoms with Gasteiger partial charge in [0.2, 0.25) is 5.91 Å². The first kappa shape index (κ1) is 17.5. The Kier molecular flexibility index (Phi) is 4.35. The molecule has 1 aliphatic carbocycles. The summed E-state index contributed by atoms with van der Waals surface area (Å²) in [6.45, 7) is 3.97. The van der Waals surface area contributed by atoms with E-state index in [1.165, 1.54) is 0 Å². The van der Waals surface area contributed by atoms with E-state index in [9.17, 15) is 10.1 Å². The molecular weight excluding hydrogens is 338 g/mol. The molecule has 0 bridgehead atoms. The van der Waals surface area contributed by atoms with Crippen LogP contribution in [0.5, 0.6) is 5.75 Å². The van der Waals surface area contributed by atoms with Crippen LogP contribution in [0.1, 0.15) is 61.4 Å². The molecule has 1 unspecified atom stereocenters. The van der Waals surface area contributed by atoms with Gasteiger partial charge in [-0.2, -0.15) is 5.26 Å². The summed E-state index contributed by atoms with van der Waals surface area (Å²) in [5.74, 6) is 0.644. The van der Waals surface area contributed by atoms with Crippen molar-refractivity contribution < 1.29 is 9.53 Å². The number of benzene rings is 1. The lowest BCUT2D eigenvalue weighted by Gasteiger charge is -2.37. The van der Waals surface area contributed by atoms with Gasteiger partial charge < -0.3 is 10.1 Å². The van der Waals surface area contributed by atoms with E-state index in [0.29, 0.717) is 17.8 Å². The summed E-state index contributed by atoms with van der Waals surface area (Å²) in [6.07, 6.45) is 4.65. The number of nitrogens with one attached hydrogen (secondary N) is 1. The summed E-state index contributed by atoms with van der Waals surface area (Å²) in [4.78, 5) is 17.8. The highest BCUT2D eigenvalue weighted by molar-refractivity contribution is 5.96. The monoisotopic (exact) mass is 361 g/mol. The van der Waals surface area contributed by atoms with Crippen molar-refractivity contribution in [2.45, 2.75) is 57.5 Å². The van der Waals surface area contributed by atoms with Crippen molar-refractivity contribution in [2.24, 2.45) is 0 Å². The molecule has 1 aromatic carbocycles. The van der Waals surface area contributed by atoms with Crippen LogP contribution in [0.2, 0.25) is 0 Å². The van der Waals surface area contributed by atoms with Gasteiger partial charge in [-0.15, -0.1) is 0 Å². The second-order valence-corrected chi connectivity index (χ2v) is 7.95. The molecule has 0 saturated heterocycles. The molecule has 5 heteroatoms. The predicted molar refractivity (Wildman–Crippen MR) is 103 cm³/mol. The number of aromatic nitrogens is 1. The third-order valence-electron chi connectivity index (χ3n) is 5.36. The molecule has 27 heavy (non-hydrogen) atoms. The summed E-state index contributed by atoms with van der Waals surface area (Å²) in [5, 5.41) is 12.5. The van der Waals surface area contributed by atoms with Crippen molar-refractivity contribution in [3.63, 3.8) is 0 Å². The van der Waals surface area contributed by atoms with Gasteiger partial charge in [0.25, 0.3) is 0 Å². The molecule has 0 spiro atoms. The molecule has 2 heterocycles. The predicted octanol–water partition coefficient (Wildman–Crippen LogP) is 4.12. The van der Waals surface area contributed by atoms with E-state index in [4.69, 9.17) is 4.74 Å². The van der Waals surface area contributed by atoms with Crippen LogP contribution < -0.4 is 10.1 Å². The zero-order valence-electron chi connectivity index (χ0n) is 15.7. The second-order valence-electron chi connectivity index (χ2n) is 7.95. The average molecular weight is 361 g/mol.